The zero-order valence-corrected chi connectivity index (χ0v) is 11.4. The molecule has 2 N–H and O–H groups in total. The lowest BCUT2D eigenvalue weighted by Crippen LogP contribution is -2.18. The zero-order chi connectivity index (χ0) is 13.1. The fraction of sp³-hybridized carbons (Fsp3) is 0.833. The third-order valence-corrected chi connectivity index (χ3v) is 2.53. The van der Waals surface area contributed by atoms with Crippen molar-refractivity contribution in [3.63, 3.8) is 0 Å². The number of hydrogen-bond acceptors (Lipinski definition) is 6. The third-order valence-electron chi connectivity index (χ3n) is 2.53. The first-order valence-corrected chi connectivity index (χ1v) is 6.62. The molecule has 0 aromatic carbocycles. The number of nitrogens with one attached hydrogen (secondary N) is 2. The molecule has 1 aromatic heterocycles. The lowest BCUT2D eigenvalue weighted by atomic mass is 10.2. The van der Waals surface area contributed by atoms with E-state index in [2.05, 4.69) is 27.8 Å². The summed E-state index contributed by atoms with van der Waals surface area (Å²) in [6.45, 7) is 5.12. The van der Waals surface area contributed by atoms with Crippen LogP contribution in [0.15, 0.2) is 4.42 Å². The van der Waals surface area contributed by atoms with E-state index in [4.69, 9.17) is 9.15 Å². The predicted molar refractivity (Wildman–Crippen MR) is 70.5 cm³/mol. The highest BCUT2D eigenvalue weighted by Crippen LogP contribution is 2.06. The summed E-state index contributed by atoms with van der Waals surface area (Å²) in [5, 5.41) is 14.2. The summed E-state index contributed by atoms with van der Waals surface area (Å²) in [4.78, 5) is 0. The number of anilines is 1. The summed E-state index contributed by atoms with van der Waals surface area (Å²) < 4.78 is 10.4. The van der Waals surface area contributed by atoms with E-state index in [1.54, 1.807) is 7.11 Å². The summed E-state index contributed by atoms with van der Waals surface area (Å²) in [6, 6.07) is 0.509. The zero-order valence-electron chi connectivity index (χ0n) is 11.4. The predicted octanol–water partition coefficient (Wildman–Crippen LogP) is 1.80. The van der Waals surface area contributed by atoms with Crippen LogP contribution in [0.4, 0.5) is 6.01 Å². The standard InChI is InChI=1S/C12H24N4O2/c1-3-4-5-6-7-14-12-16-15-11(18-12)10-13-8-9-17-2/h13H,3-10H2,1-2H3,(H,14,16). The Bertz CT molecular complexity index is 304. The first-order valence-electron chi connectivity index (χ1n) is 6.62. The molecule has 0 unspecified atom stereocenters. The Morgan fingerprint density at radius 3 is 2.83 bits per heavy atom. The lowest BCUT2D eigenvalue weighted by molar-refractivity contribution is 0.198. The summed E-state index contributed by atoms with van der Waals surface area (Å²) >= 11 is 0. The topological polar surface area (TPSA) is 72.2 Å². The minimum absolute atomic E-state index is 0.509. The molecule has 6 nitrogen and oxygen atoms in total. The van der Waals surface area contributed by atoms with Gasteiger partial charge in [-0.05, 0) is 6.42 Å². The van der Waals surface area contributed by atoms with Gasteiger partial charge in [0.25, 0.3) is 0 Å². The number of nitrogens with zero attached hydrogens (tertiary/aromatic N) is 2. The smallest absolute Gasteiger partial charge is 0.315 e. The molecule has 0 aliphatic rings. The van der Waals surface area contributed by atoms with Gasteiger partial charge in [0.2, 0.25) is 5.89 Å². The largest absolute Gasteiger partial charge is 0.407 e. The van der Waals surface area contributed by atoms with Gasteiger partial charge in [-0.15, -0.1) is 5.10 Å². The Labute approximate surface area is 108 Å². The molecule has 0 saturated heterocycles. The molecule has 0 bridgehead atoms. The van der Waals surface area contributed by atoms with Crippen LogP contribution < -0.4 is 10.6 Å². The minimum Gasteiger partial charge on any atom is -0.407 e. The number of aromatic nitrogens is 2. The van der Waals surface area contributed by atoms with Crippen LogP contribution in [0.25, 0.3) is 0 Å². The van der Waals surface area contributed by atoms with Crippen molar-refractivity contribution < 1.29 is 9.15 Å². The Morgan fingerprint density at radius 2 is 2.06 bits per heavy atom. The van der Waals surface area contributed by atoms with Crippen LogP contribution in [0.5, 0.6) is 0 Å². The summed E-state index contributed by atoms with van der Waals surface area (Å²) in [5.41, 5.74) is 0. The molecule has 0 spiro atoms. The van der Waals surface area contributed by atoms with Gasteiger partial charge in [0.15, 0.2) is 0 Å². The van der Waals surface area contributed by atoms with Gasteiger partial charge in [-0.25, -0.2) is 0 Å². The van der Waals surface area contributed by atoms with Gasteiger partial charge in [0.05, 0.1) is 13.2 Å². The molecule has 0 radical (unpaired) electrons. The molecule has 0 aliphatic carbocycles. The minimum atomic E-state index is 0.509. The number of unbranched alkanes of at least 4 members (excludes halogenated alkanes) is 3. The fourth-order valence-corrected chi connectivity index (χ4v) is 1.51. The summed E-state index contributed by atoms with van der Waals surface area (Å²) in [7, 11) is 1.68. The van der Waals surface area contributed by atoms with E-state index in [9.17, 15) is 0 Å². The number of rotatable bonds is 11. The molecule has 18 heavy (non-hydrogen) atoms. The van der Waals surface area contributed by atoms with Crippen LogP contribution in [0, 0.1) is 0 Å². The first kappa shape index (κ1) is 14.9. The molecule has 6 heteroatoms. The van der Waals surface area contributed by atoms with E-state index in [0.29, 0.717) is 25.1 Å². The lowest BCUT2D eigenvalue weighted by Gasteiger charge is -2.00. The number of ether oxygens (including phenoxy) is 1. The second kappa shape index (κ2) is 9.85. The van der Waals surface area contributed by atoms with Crippen molar-refractivity contribution in [2.75, 3.05) is 32.1 Å². The van der Waals surface area contributed by atoms with Crippen molar-refractivity contribution in [2.45, 2.75) is 39.2 Å². The molecule has 0 aliphatic heterocycles. The molecule has 1 heterocycles. The van der Waals surface area contributed by atoms with E-state index >= 15 is 0 Å². The summed E-state index contributed by atoms with van der Waals surface area (Å²) in [6.07, 6.45) is 4.90. The molecular weight excluding hydrogens is 232 g/mol. The van der Waals surface area contributed by atoms with E-state index in [-0.39, 0.29) is 0 Å². The second-order valence-electron chi connectivity index (χ2n) is 4.16. The Balaban J connectivity index is 2.10. The molecule has 0 saturated carbocycles. The van der Waals surface area contributed by atoms with E-state index < -0.39 is 0 Å². The van der Waals surface area contributed by atoms with Crippen LogP contribution in [-0.4, -0.2) is 37.0 Å². The molecular formula is C12H24N4O2. The van der Waals surface area contributed by atoms with E-state index in [1.165, 1.54) is 19.3 Å². The highest BCUT2D eigenvalue weighted by Gasteiger charge is 2.04. The van der Waals surface area contributed by atoms with Gasteiger partial charge in [-0.3, -0.25) is 0 Å². The van der Waals surface area contributed by atoms with E-state index in [1.807, 2.05) is 0 Å². The van der Waals surface area contributed by atoms with Gasteiger partial charge in [-0.2, -0.15) is 0 Å². The molecule has 1 rings (SSSR count). The van der Waals surface area contributed by atoms with Crippen LogP contribution in [0.2, 0.25) is 0 Å². The van der Waals surface area contributed by atoms with Crippen molar-refractivity contribution in [1.29, 1.82) is 0 Å². The highest BCUT2D eigenvalue weighted by atomic mass is 16.5. The van der Waals surface area contributed by atoms with Crippen LogP contribution >= 0.6 is 0 Å². The monoisotopic (exact) mass is 256 g/mol. The van der Waals surface area contributed by atoms with Crippen molar-refractivity contribution in [3.8, 4) is 0 Å². The average Bonchev–Trinajstić information content (AvgIpc) is 2.82. The van der Waals surface area contributed by atoms with Gasteiger partial charge in [-0.1, -0.05) is 31.3 Å². The average molecular weight is 256 g/mol. The fourth-order valence-electron chi connectivity index (χ4n) is 1.51. The van der Waals surface area contributed by atoms with Crippen LogP contribution in [0.3, 0.4) is 0 Å². The molecule has 0 atom stereocenters. The van der Waals surface area contributed by atoms with Crippen molar-refractivity contribution in [1.82, 2.24) is 15.5 Å². The van der Waals surface area contributed by atoms with Crippen molar-refractivity contribution in [3.05, 3.63) is 5.89 Å². The van der Waals surface area contributed by atoms with Gasteiger partial charge >= 0.3 is 6.01 Å². The third kappa shape index (κ3) is 6.56. The second-order valence-corrected chi connectivity index (χ2v) is 4.16. The Morgan fingerprint density at radius 1 is 1.17 bits per heavy atom. The Kier molecular flexibility index (Phi) is 8.16. The first-order chi connectivity index (χ1) is 8.86. The SMILES string of the molecule is CCCCCCNc1nnc(CNCCOC)o1. The molecule has 104 valence electrons. The van der Waals surface area contributed by atoms with Gasteiger partial charge in [0.1, 0.15) is 0 Å². The number of methoxy groups -OCH3 is 1. The molecule has 0 amide bonds. The molecule has 0 fully saturated rings. The Hall–Kier alpha value is -1.14. The number of hydrogen-bond donors (Lipinski definition) is 2. The van der Waals surface area contributed by atoms with Crippen LogP contribution in [-0.2, 0) is 11.3 Å². The van der Waals surface area contributed by atoms with Crippen molar-refractivity contribution >= 4 is 6.01 Å². The summed E-state index contributed by atoms with van der Waals surface area (Å²) in [5.74, 6) is 0.599. The molecule has 1 aromatic rings. The van der Waals surface area contributed by atoms with E-state index in [0.717, 1.165) is 19.5 Å². The van der Waals surface area contributed by atoms with Crippen molar-refractivity contribution in [2.24, 2.45) is 0 Å². The normalized spacial score (nSPS) is 10.8. The maximum absolute atomic E-state index is 5.43. The quantitative estimate of drug-likeness (QED) is 0.588. The maximum atomic E-state index is 5.43. The maximum Gasteiger partial charge on any atom is 0.315 e. The van der Waals surface area contributed by atoms with Gasteiger partial charge in [0, 0.05) is 20.2 Å². The van der Waals surface area contributed by atoms with Gasteiger partial charge < -0.3 is 19.8 Å². The van der Waals surface area contributed by atoms with Crippen LogP contribution in [0.1, 0.15) is 38.5 Å². The highest BCUT2D eigenvalue weighted by molar-refractivity contribution is 5.16.